The summed E-state index contributed by atoms with van der Waals surface area (Å²) in [5, 5.41) is 7.60. The van der Waals surface area contributed by atoms with Crippen LogP contribution in [0, 0.1) is 27.7 Å². The Labute approximate surface area is 211 Å². The lowest BCUT2D eigenvalue weighted by molar-refractivity contribution is -0.111. The fraction of sp³-hybridized carbons (Fsp3) is 0.321. The van der Waals surface area contributed by atoms with E-state index in [2.05, 4.69) is 41.6 Å². The van der Waals surface area contributed by atoms with Crippen LogP contribution in [-0.4, -0.2) is 51.1 Å². The van der Waals surface area contributed by atoms with E-state index in [-0.39, 0.29) is 11.8 Å². The normalized spacial score (nSPS) is 13.9. The summed E-state index contributed by atoms with van der Waals surface area (Å²) in [7, 11) is 0. The van der Waals surface area contributed by atoms with Crippen LogP contribution >= 0.6 is 11.8 Å². The number of aryl methyl sites for hydroxylation is 3. The molecule has 1 aliphatic heterocycles. The van der Waals surface area contributed by atoms with Gasteiger partial charge in [0.1, 0.15) is 0 Å². The van der Waals surface area contributed by atoms with Crippen LogP contribution in [0.3, 0.4) is 0 Å². The number of anilines is 1. The Hall–Kier alpha value is -3.32. The number of nitrogens with one attached hydrogen (secondary N) is 1. The zero-order valence-corrected chi connectivity index (χ0v) is 21.6. The van der Waals surface area contributed by atoms with Gasteiger partial charge in [-0.25, -0.2) is 0 Å². The Morgan fingerprint density at radius 3 is 2.43 bits per heavy atom. The number of thioether (sulfide) groups is 1. The number of rotatable bonds is 6. The van der Waals surface area contributed by atoms with Gasteiger partial charge in [-0.3, -0.25) is 14.3 Å². The highest BCUT2D eigenvalue weighted by atomic mass is 32.2. The van der Waals surface area contributed by atoms with E-state index in [9.17, 15) is 9.59 Å². The Balaban J connectivity index is 1.41. The Morgan fingerprint density at radius 1 is 1.03 bits per heavy atom. The maximum Gasteiger partial charge on any atom is 0.253 e. The first-order chi connectivity index (χ1) is 16.8. The minimum atomic E-state index is -0.217. The van der Waals surface area contributed by atoms with E-state index in [0.29, 0.717) is 17.8 Å². The zero-order chi connectivity index (χ0) is 24.9. The average molecular weight is 489 g/mol. The first-order valence-electron chi connectivity index (χ1n) is 11.9. The number of hydrogen-bond acceptors (Lipinski definition) is 4. The number of carbonyl (C=O) groups excluding carboxylic acids is 2. The van der Waals surface area contributed by atoms with Crippen molar-refractivity contribution < 1.29 is 9.59 Å². The standard InChI is InChI=1S/C28H32N4O2S/c1-19-5-7-23(8-6-19)18-32-22(4)25(21(3)30-32)10-12-27(33)29-26-11-9-24(17-20(26)2)28(34)31-13-15-35-16-14-31/h5-12,17H,13-16,18H2,1-4H3,(H,29,33)/b12-10+. The first-order valence-corrected chi connectivity index (χ1v) is 13.0. The van der Waals surface area contributed by atoms with E-state index >= 15 is 0 Å². The molecule has 1 N–H and O–H groups in total. The number of amides is 2. The lowest BCUT2D eigenvalue weighted by Crippen LogP contribution is -2.37. The van der Waals surface area contributed by atoms with Crippen LogP contribution < -0.4 is 5.32 Å². The van der Waals surface area contributed by atoms with Gasteiger partial charge in [-0.05, 0) is 63.1 Å². The van der Waals surface area contributed by atoms with Gasteiger partial charge >= 0.3 is 0 Å². The highest BCUT2D eigenvalue weighted by Crippen LogP contribution is 2.21. The SMILES string of the molecule is Cc1ccc(Cn2nc(C)c(/C=C/C(=O)Nc3ccc(C(=O)N4CCSCC4)cc3C)c2C)cc1. The number of aromatic nitrogens is 2. The van der Waals surface area contributed by atoms with Crippen LogP contribution in [0.1, 0.15) is 44.0 Å². The number of carbonyl (C=O) groups is 2. The highest BCUT2D eigenvalue weighted by molar-refractivity contribution is 7.99. The third-order valence-corrected chi connectivity index (χ3v) is 7.26. The molecule has 182 valence electrons. The van der Waals surface area contributed by atoms with Gasteiger partial charge in [0.25, 0.3) is 5.91 Å². The van der Waals surface area contributed by atoms with Crippen LogP contribution in [0.4, 0.5) is 5.69 Å². The van der Waals surface area contributed by atoms with Gasteiger partial charge in [-0.2, -0.15) is 16.9 Å². The van der Waals surface area contributed by atoms with Crippen molar-refractivity contribution in [1.29, 1.82) is 0 Å². The molecule has 0 aliphatic carbocycles. The van der Waals surface area contributed by atoms with Gasteiger partial charge in [-0.1, -0.05) is 29.8 Å². The fourth-order valence-corrected chi connectivity index (χ4v) is 5.09. The molecule has 0 radical (unpaired) electrons. The summed E-state index contributed by atoms with van der Waals surface area (Å²) in [5.41, 5.74) is 7.49. The molecule has 1 fully saturated rings. The summed E-state index contributed by atoms with van der Waals surface area (Å²) in [6.45, 7) is 10.2. The number of hydrogen-bond donors (Lipinski definition) is 1. The maximum atomic E-state index is 12.8. The molecule has 1 saturated heterocycles. The van der Waals surface area contributed by atoms with Gasteiger partial charge in [0.2, 0.25) is 5.91 Å². The minimum Gasteiger partial charge on any atom is -0.337 e. The first kappa shape index (κ1) is 24.8. The van der Waals surface area contributed by atoms with Crippen molar-refractivity contribution in [2.24, 2.45) is 0 Å². The second-order valence-corrected chi connectivity index (χ2v) is 10.2. The summed E-state index contributed by atoms with van der Waals surface area (Å²) in [6.07, 6.45) is 3.36. The van der Waals surface area contributed by atoms with Crippen molar-refractivity contribution in [3.63, 3.8) is 0 Å². The molecule has 1 aliphatic rings. The smallest absolute Gasteiger partial charge is 0.253 e. The van der Waals surface area contributed by atoms with Crippen molar-refractivity contribution in [3.05, 3.63) is 87.7 Å². The fourth-order valence-electron chi connectivity index (χ4n) is 4.19. The highest BCUT2D eigenvalue weighted by Gasteiger charge is 2.19. The predicted octanol–water partition coefficient (Wildman–Crippen LogP) is 5.01. The van der Waals surface area contributed by atoms with Crippen LogP contribution in [0.5, 0.6) is 0 Å². The van der Waals surface area contributed by atoms with E-state index in [1.165, 1.54) is 17.2 Å². The van der Waals surface area contributed by atoms with E-state index < -0.39 is 0 Å². The molecular weight excluding hydrogens is 456 g/mol. The maximum absolute atomic E-state index is 12.8. The molecular formula is C28H32N4O2S. The summed E-state index contributed by atoms with van der Waals surface area (Å²) in [4.78, 5) is 27.3. The molecule has 1 aromatic heterocycles. The van der Waals surface area contributed by atoms with Crippen molar-refractivity contribution in [2.75, 3.05) is 29.9 Å². The lowest BCUT2D eigenvalue weighted by atomic mass is 10.1. The second kappa shape index (κ2) is 11.0. The van der Waals surface area contributed by atoms with Crippen LogP contribution in [0.15, 0.2) is 48.5 Å². The third-order valence-electron chi connectivity index (χ3n) is 6.32. The molecule has 0 saturated carbocycles. The zero-order valence-electron chi connectivity index (χ0n) is 20.8. The Morgan fingerprint density at radius 2 is 1.74 bits per heavy atom. The van der Waals surface area contributed by atoms with E-state index in [1.54, 1.807) is 6.07 Å². The molecule has 2 heterocycles. The van der Waals surface area contributed by atoms with Crippen LogP contribution in [0.2, 0.25) is 0 Å². The van der Waals surface area contributed by atoms with E-state index in [0.717, 1.165) is 47.1 Å². The van der Waals surface area contributed by atoms with E-state index in [1.807, 2.05) is 60.3 Å². The quantitative estimate of drug-likeness (QED) is 0.496. The van der Waals surface area contributed by atoms with E-state index in [4.69, 9.17) is 0 Å². The topological polar surface area (TPSA) is 67.2 Å². The number of nitrogens with zero attached hydrogens (tertiary/aromatic N) is 3. The largest absolute Gasteiger partial charge is 0.337 e. The third kappa shape index (κ3) is 6.03. The van der Waals surface area contributed by atoms with Crippen molar-refractivity contribution in [2.45, 2.75) is 34.2 Å². The van der Waals surface area contributed by atoms with Crippen molar-refractivity contribution in [1.82, 2.24) is 14.7 Å². The molecule has 2 amide bonds. The summed E-state index contributed by atoms with van der Waals surface area (Å²) in [6, 6.07) is 13.9. The lowest BCUT2D eigenvalue weighted by Gasteiger charge is -2.26. The second-order valence-electron chi connectivity index (χ2n) is 8.98. The monoisotopic (exact) mass is 488 g/mol. The molecule has 0 unspecified atom stereocenters. The molecule has 3 aromatic rings. The summed E-state index contributed by atoms with van der Waals surface area (Å²) in [5.74, 6) is 1.80. The molecule has 0 spiro atoms. The Bertz CT molecular complexity index is 1250. The molecule has 2 aromatic carbocycles. The van der Waals surface area contributed by atoms with Crippen molar-refractivity contribution in [3.8, 4) is 0 Å². The van der Waals surface area contributed by atoms with Crippen LogP contribution in [0.25, 0.3) is 6.08 Å². The predicted molar refractivity (Wildman–Crippen MR) is 144 cm³/mol. The summed E-state index contributed by atoms with van der Waals surface area (Å²) < 4.78 is 1.97. The molecule has 4 rings (SSSR count). The van der Waals surface area contributed by atoms with Gasteiger partial charge < -0.3 is 10.2 Å². The van der Waals surface area contributed by atoms with Gasteiger partial charge in [0.15, 0.2) is 0 Å². The van der Waals surface area contributed by atoms with Gasteiger partial charge in [0.05, 0.1) is 12.2 Å². The number of benzene rings is 2. The molecule has 0 bridgehead atoms. The average Bonchev–Trinajstić information content (AvgIpc) is 3.12. The van der Waals surface area contributed by atoms with Crippen LogP contribution in [-0.2, 0) is 11.3 Å². The van der Waals surface area contributed by atoms with Gasteiger partial charge in [-0.15, -0.1) is 0 Å². The molecule has 0 atom stereocenters. The van der Waals surface area contributed by atoms with Gasteiger partial charge in [0, 0.05) is 53.2 Å². The minimum absolute atomic E-state index is 0.0553. The Kier molecular flexibility index (Phi) is 7.76. The molecule has 6 nitrogen and oxygen atoms in total. The molecule has 7 heteroatoms. The molecule has 35 heavy (non-hydrogen) atoms. The summed E-state index contributed by atoms with van der Waals surface area (Å²) >= 11 is 1.88. The van der Waals surface area contributed by atoms with Crippen molar-refractivity contribution >= 4 is 35.3 Å².